The molecule has 29 heavy (non-hydrogen) atoms. The zero-order chi connectivity index (χ0) is 21.6. The third kappa shape index (κ3) is 3.46. The Morgan fingerprint density at radius 2 is 1.59 bits per heavy atom. The van der Waals surface area contributed by atoms with Crippen molar-refractivity contribution in [3.63, 3.8) is 0 Å². The highest BCUT2D eigenvalue weighted by molar-refractivity contribution is 7.04. The van der Waals surface area contributed by atoms with Crippen molar-refractivity contribution in [3.05, 3.63) is 53.1 Å². The van der Waals surface area contributed by atoms with Gasteiger partial charge >= 0.3 is 0 Å². The summed E-state index contributed by atoms with van der Waals surface area (Å²) in [4.78, 5) is 0. The molecule has 0 aliphatic heterocycles. The van der Waals surface area contributed by atoms with Crippen molar-refractivity contribution < 1.29 is 5.11 Å². The molecule has 0 saturated heterocycles. The predicted molar refractivity (Wildman–Crippen MR) is 135 cm³/mol. The van der Waals surface area contributed by atoms with E-state index in [1.54, 1.807) is 0 Å². The highest BCUT2D eigenvalue weighted by atomic mass is 28.3. The molecule has 0 saturated carbocycles. The topological polar surface area (TPSA) is 20.2 Å². The first kappa shape index (κ1) is 22.1. The lowest BCUT2D eigenvalue weighted by atomic mass is 10.1. The zero-order valence-electron chi connectivity index (χ0n) is 19.6. The average Bonchev–Trinajstić information content (AvgIpc) is 3.13. The Bertz CT molecular complexity index is 944. The number of hydrogen-bond acceptors (Lipinski definition) is 1. The number of aromatic hydroxyl groups is 1. The van der Waals surface area contributed by atoms with Crippen LogP contribution in [0.5, 0.6) is 5.75 Å². The number of aryl methyl sites for hydroxylation is 1. The maximum absolute atomic E-state index is 11.8. The lowest BCUT2D eigenvalue weighted by Crippen LogP contribution is -2.60. The van der Waals surface area contributed by atoms with Crippen LogP contribution in [-0.2, 0) is 6.42 Å². The monoisotopic (exact) mass is 422 g/mol. The normalized spacial score (nSPS) is 14.3. The molecule has 2 aromatic rings. The van der Waals surface area contributed by atoms with Crippen molar-refractivity contribution in [1.82, 2.24) is 0 Å². The van der Waals surface area contributed by atoms with Gasteiger partial charge in [0.15, 0.2) is 0 Å². The van der Waals surface area contributed by atoms with Crippen LogP contribution in [0.25, 0.3) is 6.08 Å². The van der Waals surface area contributed by atoms with Crippen molar-refractivity contribution in [2.24, 2.45) is 0 Å². The number of allylic oxidation sites excluding steroid dienone is 1. The molecule has 0 heterocycles. The van der Waals surface area contributed by atoms with Gasteiger partial charge in [-0.15, -0.1) is 0 Å². The van der Waals surface area contributed by atoms with Crippen LogP contribution in [0, 0.1) is 6.92 Å². The lowest BCUT2D eigenvalue weighted by molar-refractivity contribution is 0.482. The van der Waals surface area contributed by atoms with E-state index in [4.69, 9.17) is 0 Å². The minimum absolute atomic E-state index is 0.189. The maximum Gasteiger partial charge on any atom is 0.123 e. The number of hydrogen-bond donors (Lipinski definition) is 1. The van der Waals surface area contributed by atoms with Crippen LogP contribution >= 0.6 is 0 Å². The summed E-state index contributed by atoms with van der Waals surface area (Å²) in [6.07, 6.45) is 5.64. The van der Waals surface area contributed by atoms with Gasteiger partial charge < -0.3 is 5.11 Å². The highest BCUT2D eigenvalue weighted by Gasteiger charge is 2.43. The molecular weight excluding hydrogens is 384 g/mol. The fourth-order valence-corrected chi connectivity index (χ4v) is 11.7. The molecule has 0 atom stereocenters. The third-order valence-electron chi connectivity index (χ3n) is 7.86. The first-order chi connectivity index (χ1) is 13.5. The van der Waals surface area contributed by atoms with Gasteiger partial charge in [0.25, 0.3) is 0 Å². The minimum atomic E-state index is -2.08. The van der Waals surface area contributed by atoms with Crippen LogP contribution in [0.15, 0.2) is 36.4 Å². The Morgan fingerprint density at radius 1 is 0.966 bits per heavy atom. The fraction of sp³-hybridized carbons (Fsp3) is 0.462. The van der Waals surface area contributed by atoms with Crippen molar-refractivity contribution >= 4 is 37.8 Å². The van der Waals surface area contributed by atoms with Crippen molar-refractivity contribution in [2.45, 2.75) is 78.2 Å². The number of rotatable bonds is 5. The highest BCUT2D eigenvalue weighted by Crippen LogP contribution is 2.38. The summed E-state index contributed by atoms with van der Waals surface area (Å²) >= 11 is 0. The quantitative estimate of drug-likeness (QED) is 0.623. The molecule has 1 aliphatic rings. The van der Waals surface area contributed by atoms with Crippen molar-refractivity contribution in [2.75, 3.05) is 0 Å². The number of phenols is 1. The summed E-state index contributed by atoms with van der Waals surface area (Å²) in [6.45, 7) is 18.7. The number of phenolic OH excluding ortho intramolecular Hbond substituents is 1. The maximum atomic E-state index is 11.8. The summed E-state index contributed by atoms with van der Waals surface area (Å²) in [5.41, 5.74) is 4.16. The van der Waals surface area contributed by atoms with Gasteiger partial charge in [-0.05, 0) is 45.1 Å². The van der Waals surface area contributed by atoms with Crippen molar-refractivity contribution in [3.8, 4) is 5.75 Å². The average molecular weight is 423 g/mol. The molecule has 156 valence electrons. The Labute approximate surface area is 179 Å². The molecule has 0 amide bonds. The Balaban J connectivity index is 2.33. The number of fused-ring (bicyclic) bond motifs is 1. The van der Waals surface area contributed by atoms with Gasteiger partial charge in [-0.25, -0.2) is 0 Å². The molecule has 0 aromatic heterocycles. The van der Waals surface area contributed by atoms with Gasteiger partial charge in [-0.3, -0.25) is 0 Å². The van der Waals surface area contributed by atoms with Gasteiger partial charge in [-0.2, -0.15) is 0 Å². The van der Waals surface area contributed by atoms with Crippen LogP contribution in [0.3, 0.4) is 0 Å². The van der Waals surface area contributed by atoms with Gasteiger partial charge in [0, 0.05) is 0 Å². The molecular formula is C26H38OSi2. The lowest BCUT2D eigenvalue weighted by Gasteiger charge is -2.40. The van der Waals surface area contributed by atoms with Crippen LogP contribution < -0.4 is 15.6 Å². The first-order valence-electron chi connectivity index (χ1n) is 11.1. The number of benzene rings is 2. The van der Waals surface area contributed by atoms with E-state index < -0.39 is 16.1 Å². The van der Waals surface area contributed by atoms with Crippen molar-refractivity contribution in [1.29, 1.82) is 0 Å². The molecule has 0 bridgehead atoms. The van der Waals surface area contributed by atoms with E-state index in [9.17, 15) is 5.11 Å². The standard InChI is InChI=1S/C26H38OSi2/c1-9-29(10-2,22-16-12-14-20-13-11-15-21(20)22)24-18-19(3)17-23(25(24)27)28(7,8)26(4,5)6/h11-12,14-18,27H,9-10,13H2,1-8H3. The molecule has 2 aromatic carbocycles. The van der Waals surface area contributed by atoms with E-state index in [0.717, 1.165) is 18.5 Å². The molecule has 3 heteroatoms. The summed E-state index contributed by atoms with van der Waals surface area (Å²) in [7, 11) is -3.93. The molecule has 1 aliphatic carbocycles. The van der Waals surface area contributed by atoms with Gasteiger partial charge in [0.1, 0.15) is 13.8 Å². The smallest absolute Gasteiger partial charge is 0.123 e. The van der Waals surface area contributed by atoms with E-state index in [1.165, 1.54) is 32.3 Å². The second kappa shape index (κ2) is 7.59. The van der Waals surface area contributed by atoms with Gasteiger partial charge in [0.2, 0.25) is 0 Å². The second-order valence-corrected chi connectivity index (χ2v) is 20.3. The molecule has 1 nitrogen and oxygen atoms in total. The Morgan fingerprint density at radius 3 is 2.17 bits per heavy atom. The van der Waals surface area contributed by atoms with E-state index in [0.29, 0.717) is 5.75 Å². The van der Waals surface area contributed by atoms with E-state index in [2.05, 4.69) is 97.1 Å². The molecule has 3 rings (SSSR count). The van der Waals surface area contributed by atoms with Gasteiger partial charge in [-0.1, -0.05) is 108 Å². The first-order valence-corrected chi connectivity index (χ1v) is 16.5. The molecule has 0 fully saturated rings. The third-order valence-corrected chi connectivity index (χ3v) is 18.6. The molecule has 1 N–H and O–H groups in total. The molecule has 0 radical (unpaired) electrons. The Hall–Kier alpha value is -1.59. The van der Waals surface area contributed by atoms with Crippen LogP contribution in [0.1, 0.15) is 51.3 Å². The second-order valence-electron chi connectivity index (χ2n) is 10.4. The van der Waals surface area contributed by atoms with E-state index >= 15 is 0 Å². The SMILES string of the molecule is CC[Si](CC)(c1cc(C)cc([Si](C)(C)C(C)(C)C)c1O)c1cccc2c1C=CC2. The van der Waals surface area contributed by atoms with Gasteiger partial charge in [0.05, 0.1) is 8.07 Å². The summed E-state index contributed by atoms with van der Waals surface area (Å²) in [6, 6.07) is 13.7. The minimum Gasteiger partial charge on any atom is -0.508 e. The molecule has 0 spiro atoms. The fourth-order valence-electron chi connectivity index (χ4n) is 4.89. The summed E-state index contributed by atoms with van der Waals surface area (Å²) in [5, 5.41) is 16.0. The zero-order valence-corrected chi connectivity index (χ0v) is 21.6. The van der Waals surface area contributed by atoms with Crippen LogP contribution in [0.2, 0.25) is 30.2 Å². The van der Waals surface area contributed by atoms with Crippen LogP contribution in [0.4, 0.5) is 0 Å². The summed E-state index contributed by atoms with van der Waals surface area (Å²) in [5.74, 6) is 0.608. The largest absolute Gasteiger partial charge is 0.508 e. The van der Waals surface area contributed by atoms with Crippen LogP contribution in [-0.4, -0.2) is 21.3 Å². The van der Waals surface area contributed by atoms with E-state index in [-0.39, 0.29) is 5.04 Å². The predicted octanol–water partition coefficient (Wildman–Crippen LogP) is 5.59. The summed E-state index contributed by atoms with van der Waals surface area (Å²) < 4.78 is 0. The van der Waals surface area contributed by atoms with E-state index in [1.807, 2.05) is 0 Å². The Kier molecular flexibility index (Phi) is 5.78. The molecule has 0 unspecified atom stereocenters.